The van der Waals surface area contributed by atoms with Crippen LogP contribution in [0.2, 0.25) is 0 Å². The molecule has 7 heteroatoms. The molecule has 0 aromatic rings. The van der Waals surface area contributed by atoms with Crippen LogP contribution in [0.15, 0.2) is 0 Å². The van der Waals surface area contributed by atoms with Crippen molar-refractivity contribution in [3.8, 4) is 0 Å². The smallest absolute Gasteiger partial charge is 0.173 e. The lowest BCUT2D eigenvalue weighted by Crippen LogP contribution is -2.61. The molecule has 1 rings (SSSR count). The largest absolute Gasteiger partial charge is 0.394 e. The van der Waals surface area contributed by atoms with Gasteiger partial charge >= 0.3 is 0 Å². The number of aliphatic hydroxyl groups is 4. The SMILES string of the molecule is Cl.N[C@@H]1[C@@H](O)[C@H](O)[C@@H](CO)O[13CH]1O. The summed E-state index contributed by atoms with van der Waals surface area (Å²) >= 11 is 0. The summed E-state index contributed by atoms with van der Waals surface area (Å²) in [5, 5.41) is 36.1. The molecular formula is C6H14ClNO5. The minimum atomic E-state index is -1.35. The summed E-state index contributed by atoms with van der Waals surface area (Å²) in [5.41, 5.74) is 5.26. The highest BCUT2D eigenvalue weighted by molar-refractivity contribution is 5.85. The fourth-order valence-corrected chi connectivity index (χ4v) is 1.12. The molecule has 0 aromatic carbocycles. The Morgan fingerprint density at radius 2 is 1.69 bits per heavy atom. The number of rotatable bonds is 1. The summed E-state index contributed by atoms with van der Waals surface area (Å²) in [4.78, 5) is 0. The first-order chi connectivity index (χ1) is 5.57. The average molecular weight is 217 g/mol. The Morgan fingerprint density at radius 1 is 1.15 bits per heavy atom. The highest BCUT2D eigenvalue weighted by Crippen LogP contribution is 2.17. The standard InChI is InChI=1S/C6H13NO5.ClH/c7-3-5(10)4(9)2(1-8)12-6(3)11;/h2-6,8-11H,1,7H2;1H/t2-,3-,4-,5-,6?;/m1./s1/i6+1;. The fourth-order valence-electron chi connectivity index (χ4n) is 1.12. The van der Waals surface area contributed by atoms with Crippen molar-refractivity contribution in [1.29, 1.82) is 0 Å². The van der Waals surface area contributed by atoms with Crippen molar-refractivity contribution < 1.29 is 25.2 Å². The van der Waals surface area contributed by atoms with Gasteiger partial charge in [-0.05, 0) is 0 Å². The van der Waals surface area contributed by atoms with E-state index in [4.69, 9.17) is 20.7 Å². The molecule has 0 spiro atoms. The van der Waals surface area contributed by atoms with E-state index in [1.54, 1.807) is 0 Å². The first-order valence-corrected chi connectivity index (χ1v) is 3.64. The van der Waals surface area contributed by atoms with Gasteiger partial charge in [-0.25, -0.2) is 0 Å². The van der Waals surface area contributed by atoms with Crippen molar-refractivity contribution in [2.45, 2.75) is 30.6 Å². The van der Waals surface area contributed by atoms with Gasteiger partial charge in [-0.2, -0.15) is 0 Å². The van der Waals surface area contributed by atoms with Gasteiger partial charge in [0, 0.05) is 0 Å². The van der Waals surface area contributed by atoms with Gasteiger partial charge in [0.2, 0.25) is 0 Å². The van der Waals surface area contributed by atoms with Crippen LogP contribution >= 0.6 is 12.4 Å². The van der Waals surface area contributed by atoms with E-state index in [1.165, 1.54) is 0 Å². The molecule has 5 atom stereocenters. The molecule has 1 heterocycles. The van der Waals surface area contributed by atoms with Gasteiger partial charge < -0.3 is 30.9 Å². The summed E-state index contributed by atoms with van der Waals surface area (Å²) in [7, 11) is 0. The number of hydrogen-bond donors (Lipinski definition) is 5. The molecule has 6 nitrogen and oxygen atoms in total. The van der Waals surface area contributed by atoms with Gasteiger partial charge in [-0.3, -0.25) is 0 Å². The molecule has 1 unspecified atom stereocenters. The first-order valence-electron chi connectivity index (χ1n) is 3.64. The monoisotopic (exact) mass is 216 g/mol. The lowest BCUT2D eigenvalue weighted by Gasteiger charge is -2.38. The van der Waals surface area contributed by atoms with Crippen LogP contribution in [0.1, 0.15) is 0 Å². The second kappa shape index (κ2) is 5.06. The summed E-state index contributed by atoms with van der Waals surface area (Å²) in [6, 6.07) is -1.04. The first kappa shape index (κ1) is 13.1. The van der Waals surface area contributed by atoms with Crippen LogP contribution in [0.4, 0.5) is 0 Å². The van der Waals surface area contributed by atoms with Gasteiger partial charge in [0.25, 0.3) is 0 Å². The number of hydrogen-bond acceptors (Lipinski definition) is 6. The van der Waals surface area contributed by atoms with E-state index in [2.05, 4.69) is 0 Å². The second-order valence-electron chi connectivity index (χ2n) is 2.81. The normalized spacial score (nSPS) is 45.5. The van der Waals surface area contributed by atoms with Crippen molar-refractivity contribution in [2.75, 3.05) is 6.61 Å². The van der Waals surface area contributed by atoms with Crippen LogP contribution in [-0.2, 0) is 4.74 Å². The van der Waals surface area contributed by atoms with Crippen molar-refractivity contribution in [2.24, 2.45) is 5.73 Å². The number of ether oxygens (including phenoxy) is 1. The molecule has 1 fully saturated rings. The molecular weight excluding hydrogens is 203 g/mol. The number of nitrogens with two attached hydrogens (primary N) is 1. The minimum absolute atomic E-state index is 0. The van der Waals surface area contributed by atoms with Crippen molar-refractivity contribution in [3.05, 3.63) is 0 Å². The van der Waals surface area contributed by atoms with Crippen LogP contribution in [0.5, 0.6) is 0 Å². The Hall–Kier alpha value is 0.0500. The summed E-state index contributed by atoms with van der Waals surface area (Å²) < 4.78 is 4.70. The van der Waals surface area contributed by atoms with Crippen molar-refractivity contribution >= 4 is 12.4 Å². The zero-order chi connectivity index (χ0) is 9.30. The molecule has 0 aromatic heterocycles. The molecule has 0 saturated carbocycles. The van der Waals surface area contributed by atoms with Crippen LogP contribution in [0.3, 0.4) is 0 Å². The van der Waals surface area contributed by atoms with E-state index in [0.29, 0.717) is 0 Å². The zero-order valence-electron chi connectivity index (χ0n) is 6.78. The van der Waals surface area contributed by atoms with Crippen LogP contribution < -0.4 is 5.73 Å². The second-order valence-corrected chi connectivity index (χ2v) is 2.81. The number of halogens is 1. The Kier molecular flexibility index (Phi) is 5.08. The van der Waals surface area contributed by atoms with E-state index in [1.807, 2.05) is 0 Å². The predicted octanol–water partition coefficient (Wildman–Crippen LogP) is -2.83. The highest BCUT2D eigenvalue weighted by Gasteiger charge is 2.41. The highest BCUT2D eigenvalue weighted by atomic mass is 35.5. The Morgan fingerprint density at radius 3 is 2.15 bits per heavy atom. The third kappa shape index (κ3) is 2.50. The van der Waals surface area contributed by atoms with Crippen LogP contribution in [0, 0.1) is 0 Å². The molecule has 0 amide bonds. The predicted molar refractivity (Wildman–Crippen MR) is 45.2 cm³/mol. The quantitative estimate of drug-likeness (QED) is 0.302. The molecule has 1 saturated heterocycles. The van der Waals surface area contributed by atoms with E-state index in [9.17, 15) is 10.2 Å². The maximum atomic E-state index is 9.20. The maximum Gasteiger partial charge on any atom is 0.173 e. The molecule has 13 heavy (non-hydrogen) atoms. The zero-order valence-corrected chi connectivity index (χ0v) is 7.59. The molecule has 6 N–H and O–H groups in total. The van der Waals surface area contributed by atoms with Gasteiger partial charge in [0.15, 0.2) is 6.29 Å². The Labute approximate surface area is 81.3 Å². The summed E-state index contributed by atoms with van der Waals surface area (Å²) in [6.07, 6.45) is -4.85. The third-order valence-electron chi connectivity index (χ3n) is 1.95. The van der Waals surface area contributed by atoms with Gasteiger partial charge in [0.05, 0.1) is 12.6 Å². The van der Waals surface area contributed by atoms with E-state index < -0.39 is 37.3 Å². The topological polar surface area (TPSA) is 116 Å². The van der Waals surface area contributed by atoms with E-state index >= 15 is 0 Å². The molecule has 0 bridgehead atoms. The van der Waals surface area contributed by atoms with E-state index in [-0.39, 0.29) is 12.4 Å². The molecule has 80 valence electrons. The van der Waals surface area contributed by atoms with Crippen molar-refractivity contribution in [1.82, 2.24) is 0 Å². The van der Waals surface area contributed by atoms with E-state index in [0.717, 1.165) is 0 Å². The molecule has 1 aliphatic rings. The molecule has 1 aliphatic heterocycles. The Bertz CT molecular complexity index is 155. The lowest BCUT2D eigenvalue weighted by atomic mass is 10.0. The van der Waals surface area contributed by atoms with Gasteiger partial charge in [-0.1, -0.05) is 0 Å². The minimum Gasteiger partial charge on any atom is -0.394 e. The lowest BCUT2D eigenvalue weighted by molar-refractivity contribution is -0.248. The van der Waals surface area contributed by atoms with Gasteiger partial charge in [0.1, 0.15) is 18.3 Å². The average Bonchev–Trinajstić information content (AvgIpc) is 2.08. The number of aliphatic hydroxyl groups excluding tert-OH is 4. The summed E-state index contributed by atoms with van der Waals surface area (Å²) in [6.45, 7) is -0.470. The molecule has 0 aliphatic carbocycles. The summed E-state index contributed by atoms with van der Waals surface area (Å²) in [5.74, 6) is 0. The van der Waals surface area contributed by atoms with Gasteiger partial charge in [-0.15, -0.1) is 12.4 Å². The van der Waals surface area contributed by atoms with Crippen LogP contribution in [-0.4, -0.2) is 57.7 Å². The van der Waals surface area contributed by atoms with Crippen LogP contribution in [0.25, 0.3) is 0 Å². The van der Waals surface area contributed by atoms with Crippen molar-refractivity contribution in [3.63, 3.8) is 0 Å². The third-order valence-corrected chi connectivity index (χ3v) is 1.95. The fraction of sp³-hybridized carbons (Fsp3) is 1.00. The Balaban J connectivity index is 0.00000144. The maximum absolute atomic E-state index is 9.20. The molecule has 0 radical (unpaired) electrons.